The Morgan fingerprint density at radius 3 is 2.40 bits per heavy atom. The molecule has 0 fully saturated rings. The second-order valence-corrected chi connectivity index (χ2v) is 2.73. The molecule has 0 amide bonds. The fourth-order valence-electron chi connectivity index (χ4n) is 0.725. The lowest BCUT2D eigenvalue weighted by Gasteiger charge is -2.11. The number of ether oxygens (including phenoxy) is 3. The Morgan fingerprint density at radius 2 is 1.87 bits per heavy atom. The minimum Gasteiger partial charge on any atom is -0.466 e. The standard InChI is InChI=1S/C10H16O5/c1-4-7-14-8(2)15-10(12)6-5-9(11)13-3/h5-6,8H,4,7H2,1-3H3/b6-5+. The summed E-state index contributed by atoms with van der Waals surface area (Å²) in [7, 11) is 1.23. The lowest BCUT2D eigenvalue weighted by atomic mass is 10.5. The first-order valence-electron chi connectivity index (χ1n) is 4.68. The van der Waals surface area contributed by atoms with E-state index in [1.165, 1.54) is 7.11 Å². The highest BCUT2D eigenvalue weighted by atomic mass is 16.7. The van der Waals surface area contributed by atoms with E-state index in [2.05, 4.69) is 4.74 Å². The predicted molar refractivity (Wildman–Crippen MR) is 53.0 cm³/mol. The number of carbonyl (C=O) groups excluding carboxylic acids is 2. The fraction of sp³-hybridized carbons (Fsp3) is 0.600. The molecule has 0 aliphatic heterocycles. The van der Waals surface area contributed by atoms with Crippen molar-refractivity contribution in [3.63, 3.8) is 0 Å². The molecule has 0 saturated heterocycles. The Bertz CT molecular complexity index is 234. The molecule has 0 aromatic carbocycles. The second-order valence-electron chi connectivity index (χ2n) is 2.73. The van der Waals surface area contributed by atoms with Gasteiger partial charge in [0.25, 0.3) is 0 Å². The molecule has 0 aliphatic carbocycles. The molecule has 0 aromatic heterocycles. The summed E-state index contributed by atoms with van der Waals surface area (Å²) in [5.41, 5.74) is 0. The number of esters is 2. The summed E-state index contributed by atoms with van der Waals surface area (Å²) in [6, 6.07) is 0. The molecule has 5 nitrogen and oxygen atoms in total. The molecule has 0 aliphatic rings. The van der Waals surface area contributed by atoms with Crippen LogP contribution in [0.5, 0.6) is 0 Å². The van der Waals surface area contributed by atoms with Gasteiger partial charge >= 0.3 is 11.9 Å². The van der Waals surface area contributed by atoms with Gasteiger partial charge in [-0.05, 0) is 13.3 Å². The van der Waals surface area contributed by atoms with Crippen LogP contribution in [0.2, 0.25) is 0 Å². The summed E-state index contributed by atoms with van der Waals surface area (Å²) in [6.45, 7) is 4.08. The van der Waals surface area contributed by atoms with E-state index in [1.54, 1.807) is 6.92 Å². The predicted octanol–water partition coefficient (Wildman–Crippen LogP) is 1.03. The maximum atomic E-state index is 11.0. The number of rotatable bonds is 6. The quantitative estimate of drug-likeness (QED) is 0.377. The van der Waals surface area contributed by atoms with E-state index in [4.69, 9.17) is 9.47 Å². The van der Waals surface area contributed by atoms with Gasteiger partial charge in [0.05, 0.1) is 13.7 Å². The van der Waals surface area contributed by atoms with Crippen LogP contribution in [0.3, 0.4) is 0 Å². The van der Waals surface area contributed by atoms with Gasteiger partial charge in [-0.25, -0.2) is 9.59 Å². The van der Waals surface area contributed by atoms with Crippen molar-refractivity contribution in [3.05, 3.63) is 12.2 Å². The minimum absolute atomic E-state index is 0.523. The van der Waals surface area contributed by atoms with Crippen molar-refractivity contribution in [2.75, 3.05) is 13.7 Å². The Labute approximate surface area is 89.0 Å². The number of hydrogen-bond donors (Lipinski definition) is 0. The first-order valence-corrected chi connectivity index (χ1v) is 4.68. The third-order valence-corrected chi connectivity index (χ3v) is 1.40. The van der Waals surface area contributed by atoms with Crippen molar-refractivity contribution < 1.29 is 23.8 Å². The van der Waals surface area contributed by atoms with Crippen LogP contribution in [0.4, 0.5) is 0 Å². The van der Waals surface area contributed by atoms with Crippen LogP contribution in [0.15, 0.2) is 12.2 Å². The minimum atomic E-state index is -0.635. The molecular formula is C10H16O5. The molecule has 15 heavy (non-hydrogen) atoms. The van der Waals surface area contributed by atoms with Crippen LogP contribution >= 0.6 is 0 Å². The third-order valence-electron chi connectivity index (χ3n) is 1.40. The van der Waals surface area contributed by atoms with E-state index in [1.807, 2.05) is 6.92 Å². The summed E-state index contributed by atoms with van der Waals surface area (Å²) >= 11 is 0. The van der Waals surface area contributed by atoms with Crippen LogP contribution in [-0.4, -0.2) is 31.9 Å². The van der Waals surface area contributed by atoms with Gasteiger partial charge in [-0.2, -0.15) is 0 Å². The number of hydrogen-bond acceptors (Lipinski definition) is 5. The topological polar surface area (TPSA) is 61.8 Å². The lowest BCUT2D eigenvalue weighted by Crippen LogP contribution is -2.17. The van der Waals surface area contributed by atoms with Gasteiger partial charge in [0, 0.05) is 12.2 Å². The van der Waals surface area contributed by atoms with E-state index >= 15 is 0 Å². The molecule has 0 bridgehead atoms. The molecule has 0 saturated carbocycles. The molecule has 86 valence electrons. The van der Waals surface area contributed by atoms with Gasteiger partial charge in [0.15, 0.2) is 6.29 Å². The normalized spacial score (nSPS) is 12.5. The van der Waals surface area contributed by atoms with Crippen molar-refractivity contribution >= 4 is 11.9 Å². The van der Waals surface area contributed by atoms with Crippen molar-refractivity contribution in [2.24, 2.45) is 0 Å². The molecule has 5 heteroatoms. The van der Waals surface area contributed by atoms with Gasteiger partial charge in [0.1, 0.15) is 0 Å². The van der Waals surface area contributed by atoms with Gasteiger partial charge in [-0.15, -0.1) is 0 Å². The van der Waals surface area contributed by atoms with Crippen molar-refractivity contribution in [2.45, 2.75) is 26.6 Å². The van der Waals surface area contributed by atoms with Crippen molar-refractivity contribution in [1.29, 1.82) is 0 Å². The molecular weight excluding hydrogens is 200 g/mol. The van der Waals surface area contributed by atoms with Crippen LogP contribution in [0.1, 0.15) is 20.3 Å². The number of methoxy groups -OCH3 is 1. The highest BCUT2D eigenvalue weighted by Crippen LogP contribution is 1.96. The zero-order valence-corrected chi connectivity index (χ0v) is 9.19. The van der Waals surface area contributed by atoms with Crippen molar-refractivity contribution in [1.82, 2.24) is 0 Å². The smallest absolute Gasteiger partial charge is 0.333 e. The highest BCUT2D eigenvalue weighted by molar-refractivity contribution is 5.91. The average molecular weight is 216 g/mol. The fourth-order valence-corrected chi connectivity index (χ4v) is 0.725. The van der Waals surface area contributed by atoms with E-state index in [9.17, 15) is 9.59 Å². The van der Waals surface area contributed by atoms with Gasteiger partial charge in [0.2, 0.25) is 0 Å². The van der Waals surface area contributed by atoms with E-state index in [-0.39, 0.29) is 0 Å². The van der Waals surface area contributed by atoms with E-state index in [0.29, 0.717) is 6.61 Å². The van der Waals surface area contributed by atoms with Gasteiger partial charge in [-0.3, -0.25) is 0 Å². The molecule has 0 spiro atoms. The monoisotopic (exact) mass is 216 g/mol. The molecule has 0 heterocycles. The zero-order chi connectivity index (χ0) is 11.7. The number of carbonyl (C=O) groups is 2. The van der Waals surface area contributed by atoms with Crippen LogP contribution in [0, 0.1) is 0 Å². The Kier molecular flexibility index (Phi) is 7.27. The Hall–Kier alpha value is -1.36. The van der Waals surface area contributed by atoms with Gasteiger partial charge in [-0.1, -0.05) is 6.92 Å². The summed E-state index contributed by atoms with van der Waals surface area (Å²) in [5.74, 6) is -1.24. The first-order chi connectivity index (χ1) is 7.10. The van der Waals surface area contributed by atoms with E-state index < -0.39 is 18.2 Å². The largest absolute Gasteiger partial charge is 0.466 e. The molecule has 0 N–H and O–H groups in total. The average Bonchev–Trinajstić information content (AvgIpc) is 2.22. The molecule has 0 aromatic rings. The summed E-state index contributed by atoms with van der Waals surface area (Å²) in [5, 5.41) is 0. The van der Waals surface area contributed by atoms with Crippen molar-refractivity contribution in [3.8, 4) is 0 Å². The van der Waals surface area contributed by atoms with Gasteiger partial charge < -0.3 is 14.2 Å². The zero-order valence-electron chi connectivity index (χ0n) is 9.19. The maximum Gasteiger partial charge on any atom is 0.333 e. The highest BCUT2D eigenvalue weighted by Gasteiger charge is 2.06. The molecule has 1 unspecified atom stereocenters. The summed E-state index contributed by atoms with van der Waals surface area (Å²) in [6.07, 6.45) is 2.23. The first kappa shape index (κ1) is 13.6. The molecule has 0 rings (SSSR count). The Morgan fingerprint density at radius 1 is 1.27 bits per heavy atom. The van der Waals surface area contributed by atoms with Crippen LogP contribution < -0.4 is 0 Å². The Balaban J connectivity index is 3.82. The van der Waals surface area contributed by atoms with E-state index in [0.717, 1.165) is 18.6 Å². The lowest BCUT2D eigenvalue weighted by molar-refractivity contribution is -0.168. The summed E-state index contributed by atoms with van der Waals surface area (Å²) < 4.78 is 14.2. The molecule has 0 radical (unpaired) electrons. The second kappa shape index (κ2) is 7.99. The third kappa shape index (κ3) is 7.69. The maximum absolute atomic E-state index is 11.0. The summed E-state index contributed by atoms with van der Waals surface area (Å²) in [4.78, 5) is 21.7. The SMILES string of the molecule is CCCOC(C)OC(=O)/C=C/C(=O)OC. The van der Waals surface area contributed by atoms with Crippen LogP contribution in [0.25, 0.3) is 0 Å². The van der Waals surface area contributed by atoms with Crippen LogP contribution in [-0.2, 0) is 23.8 Å². The molecule has 1 atom stereocenters.